The summed E-state index contributed by atoms with van der Waals surface area (Å²) in [4.78, 5) is 0. The molecule has 2 aromatic carbocycles. The van der Waals surface area contributed by atoms with E-state index < -0.39 is 0 Å². The first-order chi connectivity index (χ1) is 8.25. The second-order valence-electron chi connectivity index (χ2n) is 3.82. The molecule has 17 heavy (non-hydrogen) atoms. The van der Waals surface area contributed by atoms with Crippen LogP contribution in [-0.4, -0.2) is 9.78 Å². The Morgan fingerprint density at radius 1 is 1.12 bits per heavy atom. The minimum Gasteiger partial charge on any atom is -0.397 e. The van der Waals surface area contributed by atoms with E-state index in [-0.39, 0.29) is 5.82 Å². The van der Waals surface area contributed by atoms with Crippen molar-refractivity contribution in [1.82, 2.24) is 9.78 Å². The van der Waals surface area contributed by atoms with E-state index in [9.17, 15) is 4.39 Å². The summed E-state index contributed by atoms with van der Waals surface area (Å²) in [5.41, 5.74) is 7.81. The second-order valence-corrected chi connectivity index (χ2v) is 3.82. The zero-order valence-electron chi connectivity index (χ0n) is 8.97. The summed E-state index contributed by atoms with van der Waals surface area (Å²) < 4.78 is 14.7. The summed E-state index contributed by atoms with van der Waals surface area (Å²) in [6, 6.07) is 12.1. The molecule has 4 heteroatoms. The molecule has 0 saturated carbocycles. The van der Waals surface area contributed by atoms with Crippen LogP contribution < -0.4 is 5.73 Å². The lowest BCUT2D eigenvalue weighted by molar-refractivity contribution is 0.628. The van der Waals surface area contributed by atoms with Crippen molar-refractivity contribution in [2.75, 3.05) is 5.73 Å². The highest BCUT2D eigenvalue weighted by atomic mass is 19.1. The van der Waals surface area contributed by atoms with Crippen LogP contribution in [0.1, 0.15) is 0 Å². The highest BCUT2D eigenvalue weighted by Gasteiger charge is 2.07. The van der Waals surface area contributed by atoms with E-state index in [0.717, 1.165) is 10.9 Å². The van der Waals surface area contributed by atoms with Crippen LogP contribution in [0.2, 0.25) is 0 Å². The van der Waals surface area contributed by atoms with Crippen LogP contribution in [0, 0.1) is 5.82 Å². The van der Waals surface area contributed by atoms with Gasteiger partial charge in [-0.2, -0.15) is 5.10 Å². The molecule has 1 aromatic heterocycles. The van der Waals surface area contributed by atoms with Gasteiger partial charge in [-0.3, -0.25) is 0 Å². The molecule has 0 radical (unpaired) electrons. The normalized spacial score (nSPS) is 10.9. The van der Waals surface area contributed by atoms with E-state index in [1.807, 2.05) is 24.3 Å². The first kappa shape index (κ1) is 9.84. The van der Waals surface area contributed by atoms with E-state index in [4.69, 9.17) is 5.73 Å². The molecule has 3 rings (SSSR count). The third-order valence-electron chi connectivity index (χ3n) is 2.69. The minimum absolute atomic E-state index is 0.345. The van der Waals surface area contributed by atoms with Gasteiger partial charge >= 0.3 is 0 Å². The number of nitrogens with two attached hydrogens (primary N) is 1. The molecule has 0 aliphatic rings. The summed E-state index contributed by atoms with van der Waals surface area (Å²) in [5.74, 6) is -0.345. The van der Waals surface area contributed by atoms with Crippen LogP contribution in [0.3, 0.4) is 0 Å². The van der Waals surface area contributed by atoms with Crippen LogP contribution in [-0.2, 0) is 0 Å². The molecule has 0 bridgehead atoms. The van der Waals surface area contributed by atoms with Gasteiger partial charge in [0, 0.05) is 5.39 Å². The molecule has 0 aliphatic heterocycles. The summed E-state index contributed by atoms with van der Waals surface area (Å²) >= 11 is 0. The lowest BCUT2D eigenvalue weighted by atomic mass is 10.2. The number of hydrogen-bond donors (Lipinski definition) is 1. The van der Waals surface area contributed by atoms with Crippen molar-refractivity contribution in [2.45, 2.75) is 0 Å². The number of fused-ring (bicyclic) bond motifs is 1. The fourth-order valence-corrected chi connectivity index (χ4v) is 1.88. The van der Waals surface area contributed by atoms with Crippen LogP contribution in [0.15, 0.2) is 48.7 Å². The Labute approximate surface area is 97.3 Å². The highest BCUT2D eigenvalue weighted by Crippen LogP contribution is 2.22. The van der Waals surface area contributed by atoms with Crippen LogP contribution >= 0.6 is 0 Å². The molecule has 0 spiro atoms. The molecular weight excluding hydrogens is 217 g/mol. The number of anilines is 1. The van der Waals surface area contributed by atoms with Crippen LogP contribution in [0.5, 0.6) is 0 Å². The van der Waals surface area contributed by atoms with Crippen molar-refractivity contribution in [2.24, 2.45) is 0 Å². The van der Waals surface area contributed by atoms with Crippen LogP contribution in [0.25, 0.3) is 16.6 Å². The Morgan fingerprint density at radius 3 is 2.76 bits per heavy atom. The number of nitrogen functional groups attached to an aromatic ring is 1. The van der Waals surface area contributed by atoms with E-state index in [1.54, 1.807) is 16.9 Å². The zero-order chi connectivity index (χ0) is 11.8. The molecule has 0 amide bonds. The smallest absolute Gasteiger partial charge is 0.125 e. The molecule has 0 unspecified atom stereocenters. The quantitative estimate of drug-likeness (QED) is 0.649. The SMILES string of the molecule is Nc1cc(F)ccc1-n1ncc2ccccc21. The minimum atomic E-state index is -0.345. The first-order valence-corrected chi connectivity index (χ1v) is 5.24. The van der Waals surface area contributed by atoms with Gasteiger partial charge in [0.05, 0.1) is 23.1 Å². The Bertz CT molecular complexity index is 688. The van der Waals surface area contributed by atoms with E-state index in [2.05, 4.69) is 5.10 Å². The predicted octanol–water partition coefficient (Wildman–Crippen LogP) is 2.75. The van der Waals surface area contributed by atoms with Crippen molar-refractivity contribution in [3.8, 4) is 5.69 Å². The van der Waals surface area contributed by atoms with Gasteiger partial charge in [0.2, 0.25) is 0 Å². The summed E-state index contributed by atoms with van der Waals surface area (Å²) in [5, 5.41) is 5.29. The molecule has 0 saturated heterocycles. The fourth-order valence-electron chi connectivity index (χ4n) is 1.88. The van der Waals surface area contributed by atoms with Gasteiger partial charge in [0.1, 0.15) is 5.82 Å². The number of nitrogens with zero attached hydrogens (tertiary/aromatic N) is 2. The number of hydrogen-bond acceptors (Lipinski definition) is 2. The molecule has 3 aromatic rings. The number of rotatable bonds is 1. The highest BCUT2D eigenvalue weighted by molar-refractivity contribution is 5.81. The maximum atomic E-state index is 13.0. The maximum Gasteiger partial charge on any atom is 0.125 e. The molecule has 0 atom stereocenters. The van der Waals surface area contributed by atoms with Gasteiger partial charge in [0.25, 0.3) is 0 Å². The van der Waals surface area contributed by atoms with Crippen molar-refractivity contribution in [3.63, 3.8) is 0 Å². The molecule has 84 valence electrons. The van der Waals surface area contributed by atoms with E-state index in [1.165, 1.54) is 12.1 Å². The number of benzene rings is 2. The molecule has 1 heterocycles. The fraction of sp³-hybridized carbons (Fsp3) is 0. The molecular formula is C13H10FN3. The standard InChI is InChI=1S/C13H10FN3/c14-10-5-6-13(11(15)7-10)17-12-4-2-1-3-9(12)8-16-17/h1-8H,15H2. The van der Waals surface area contributed by atoms with Crippen molar-refractivity contribution in [1.29, 1.82) is 0 Å². The monoisotopic (exact) mass is 227 g/mol. The third-order valence-corrected chi connectivity index (χ3v) is 2.69. The average molecular weight is 227 g/mol. The van der Waals surface area contributed by atoms with Gasteiger partial charge in [-0.15, -0.1) is 0 Å². The van der Waals surface area contributed by atoms with Gasteiger partial charge in [0.15, 0.2) is 0 Å². The van der Waals surface area contributed by atoms with Gasteiger partial charge < -0.3 is 5.73 Å². The van der Waals surface area contributed by atoms with E-state index >= 15 is 0 Å². The average Bonchev–Trinajstić information content (AvgIpc) is 2.73. The maximum absolute atomic E-state index is 13.0. The van der Waals surface area contributed by atoms with Crippen LogP contribution in [0.4, 0.5) is 10.1 Å². The van der Waals surface area contributed by atoms with Crippen molar-refractivity contribution in [3.05, 3.63) is 54.5 Å². The van der Waals surface area contributed by atoms with E-state index in [0.29, 0.717) is 11.4 Å². The molecule has 3 nitrogen and oxygen atoms in total. The lowest BCUT2D eigenvalue weighted by Crippen LogP contribution is -2.01. The Morgan fingerprint density at radius 2 is 1.94 bits per heavy atom. The summed E-state index contributed by atoms with van der Waals surface area (Å²) in [6.07, 6.45) is 1.76. The molecule has 0 fully saturated rings. The summed E-state index contributed by atoms with van der Waals surface area (Å²) in [6.45, 7) is 0. The van der Waals surface area contributed by atoms with Crippen molar-refractivity contribution < 1.29 is 4.39 Å². The Hall–Kier alpha value is -2.36. The van der Waals surface area contributed by atoms with Crippen molar-refractivity contribution >= 4 is 16.6 Å². The third kappa shape index (κ3) is 1.54. The second kappa shape index (κ2) is 3.59. The predicted molar refractivity (Wildman–Crippen MR) is 65.4 cm³/mol. The largest absolute Gasteiger partial charge is 0.397 e. The Balaban J connectivity index is 2.27. The number of aromatic nitrogens is 2. The zero-order valence-corrected chi connectivity index (χ0v) is 8.97. The molecule has 0 aliphatic carbocycles. The first-order valence-electron chi connectivity index (χ1n) is 5.24. The number of para-hydroxylation sites is 1. The Kier molecular flexibility index (Phi) is 2.08. The number of halogens is 1. The summed E-state index contributed by atoms with van der Waals surface area (Å²) in [7, 11) is 0. The lowest BCUT2D eigenvalue weighted by Gasteiger charge is -2.06. The van der Waals surface area contributed by atoms with Gasteiger partial charge in [-0.05, 0) is 24.3 Å². The van der Waals surface area contributed by atoms with Gasteiger partial charge in [-0.25, -0.2) is 9.07 Å². The van der Waals surface area contributed by atoms with Gasteiger partial charge in [-0.1, -0.05) is 18.2 Å². The molecule has 2 N–H and O–H groups in total. The topological polar surface area (TPSA) is 43.8 Å².